The van der Waals surface area contributed by atoms with Gasteiger partial charge in [-0.15, -0.1) is 0 Å². The number of aliphatic hydroxyl groups excluding tert-OH is 1. The number of carbonyl (C=O) groups excluding carboxylic acids is 2. The number of amides is 1. The van der Waals surface area contributed by atoms with Gasteiger partial charge < -0.3 is 19.5 Å². The summed E-state index contributed by atoms with van der Waals surface area (Å²) < 4.78 is 11.1. The maximum atomic E-state index is 13.4. The molecule has 0 saturated carbocycles. The molecule has 0 radical (unpaired) electrons. The Hall–Kier alpha value is -3.16. The first-order chi connectivity index (χ1) is 18.2. The van der Waals surface area contributed by atoms with Crippen molar-refractivity contribution in [1.82, 2.24) is 9.80 Å². The summed E-state index contributed by atoms with van der Waals surface area (Å²) in [6.45, 7) is 13.5. The molecule has 2 heterocycles. The Morgan fingerprint density at radius 3 is 2.26 bits per heavy atom. The van der Waals surface area contributed by atoms with Gasteiger partial charge in [0.25, 0.3) is 11.7 Å². The van der Waals surface area contributed by atoms with E-state index in [0.717, 1.165) is 43.6 Å². The van der Waals surface area contributed by atoms with Crippen molar-refractivity contribution >= 4 is 17.4 Å². The maximum Gasteiger partial charge on any atom is 0.295 e. The normalized spacial score (nSPS) is 20.2. The van der Waals surface area contributed by atoms with Gasteiger partial charge in [-0.05, 0) is 53.6 Å². The topological polar surface area (TPSA) is 79.3 Å². The molecule has 2 fully saturated rings. The molecule has 2 aliphatic rings. The second-order valence-corrected chi connectivity index (χ2v) is 11.0. The van der Waals surface area contributed by atoms with Crippen LogP contribution in [0.2, 0.25) is 0 Å². The molecule has 2 aromatic carbocycles. The molecule has 0 unspecified atom stereocenters. The summed E-state index contributed by atoms with van der Waals surface area (Å²) in [4.78, 5) is 30.6. The molecular weight excluding hydrogens is 480 g/mol. The van der Waals surface area contributed by atoms with Gasteiger partial charge in [0.15, 0.2) is 0 Å². The molecule has 7 nitrogen and oxygen atoms in total. The molecule has 38 heavy (non-hydrogen) atoms. The van der Waals surface area contributed by atoms with Crippen LogP contribution in [0.1, 0.15) is 63.3 Å². The van der Waals surface area contributed by atoms with Crippen molar-refractivity contribution in [3.63, 3.8) is 0 Å². The second-order valence-electron chi connectivity index (χ2n) is 11.0. The van der Waals surface area contributed by atoms with Crippen LogP contribution in [-0.4, -0.2) is 72.6 Å². The maximum absolute atomic E-state index is 13.4. The Morgan fingerprint density at radius 2 is 1.66 bits per heavy atom. The van der Waals surface area contributed by atoms with Crippen LogP contribution in [0.4, 0.5) is 0 Å². The zero-order valence-electron chi connectivity index (χ0n) is 23.0. The summed E-state index contributed by atoms with van der Waals surface area (Å²) in [5.41, 5.74) is 2.56. The molecule has 0 spiro atoms. The van der Waals surface area contributed by atoms with Gasteiger partial charge in [-0.3, -0.25) is 14.5 Å². The minimum absolute atomic E-state index is 0.0277. The SMILES string of the molecule is CCCOc1ccc(/C(O)=C2\C(=O)C(=O)N(CCCN3CCOCC3)[C@H]2c2ccc(C(C)(C)C)cc2)cc1. The molecule has 0 aromatic heterocycles. The van der Waals surface area contributed by atoms with E-state index in [4.69, 9.17) is 9.47 Å². The van der Waals surface area contributed by atoms with Crippen molar-refractivity contribution in [2.45, 2.75) is 52.0 Å². The van der Waals surface area contributed by atoms with Crippen molar-refractivity contribution in [2.75, 3.05) is 46.0 Å². The van der Waals surface area contributed by atoms with E-state index in [1.54, 1.807) is 29.2 Å². The number of hydrogen-bond acceptors (Lipinski definition) is 6. The Kier molecular flexibility index (Phi) is 8.90. The summed E-state index contributed by atoms with van der Waals surface area (Å²) in [7, 11) is 0. The Balaban J connectivity index is 1.66. The molecule has 1 atom stereocenters. The standard InChI is InChI=1S/C31H40N2O5/c1-5-19-38-25-13-9-23(10-14-25)28(34)26-27(22-7-11-24(12-8-22)31(2,3)4)33(30(36)29(26)35)16-6-15-32-17-20-37-21-18-32/h7-14,27,34H,5-6,15-21H2,1-4H3/b28-26+/t27-/m0/s1. The highest BCUT2D eigenvalue weighted by molar-refractivity contribution is 6.46. The number of ether oxygens (including phenoxy) is 2. The molecule has 1 amide bonds. The third kappa shape index (κ3) is 6.27. The molecular formula is C31H40N2O5. The highest BCUT2D eigenvalue weighted by atomic mass is 16.5. The zero-order chi connectivity index (χ0) is 27.3. The molecule has 7 heteroatoms. The van der Waals surface area contributed by atoms with Crippen LogP contribution in [0.15, 0.2) is 54.1 Å². The number of ketones is 1. The van der Waals surface area contributed by atoms with Crippen LogP contribution in [0.3, 0.4) is 0 Å². The number of likely N-dealkylation sites (tertiary alicyclic amines) is 1. The van der Waals surface area contributed by atoms with Gasteiger partial charge in [0.1, 0.15) is 11.5 Å². The molecule has 2 aromatic rings. The van der Waals surface area contributed by atoms with Crippen molar-refractivity contribution < 1.29 is 24.2 Å². The summed E-state index contributed by atoms with van der Waals surface area (Å²) >= 11 is 0. The lowest BCUT2D eigenvalue weighted by molar-refractivity contribution is -0.140. The van der Waals surface area contributed by atoms with Gasteiger partial charge in [0, 0.05) is 31.7 Å². The molecule has 0 bridgehead atoms. The molecule has 0 aliphatic carbocycles. The van der Waals surface area contributed by atoms with Crippen molar-refractivity contribution in [3.8, 4) is 5.75 Å². The first-order valence-electron chi connectivity index (χ1n) is 13.6. The van der Waals surface area contributed by atoms with Gasteiger partial charge in [0.05, 0.1) is 31.4 Å². The lowest BCUT2D eigenvalue weighted by Gasteiger charge is -2.29. The number of morpholine rings is 1. The van der Waals surface area contributed by atoms with Crippen LogP contribution in [0.25, 0.3) is 5.76 Å². The highest BCUT2D eigenvalue weighted by Crippen LogP contribution is 2.40. The highest BCUT2D eigenvalue weighted by Gasteiger charge is 2.45. The molecule has 2 saturated heterocycles. The predicted octanol–water partition coefficient (Wildman–Crippen LogP) is 4.92. The van der Waals surface area contributed by atoms with Gasteiger partial charge in [0.2, 0.25) is 0 Å². The Labute approximate surface area is 226 Å². The number of Topliss-reactive ketones (excluding diaryl/α,β-unsaturated/α-hetero) is 1. The van der Waals surface area contributed by atoms with E-state index in [9.17, 15) is 14.7 Å². The van der Waals surface area contributed by atoms with Crippen LogP contribution >= 0.6 is 0 Å². The van der Waals surface area contributed by atoms with Gasteiger partial charge in [-0.25, -0.2) is 0 Å². The van der Waals surface area contributed by atoms with E-state index in [1.165, 1.54) is 0 Å². The lowest BCUT2D eigenvalue weighted by atomic mass is 9.85. The van der Waals surface area contributed by atoms with Crippen molar-refractivity contribution in [3.05, 3.63) is 70.8 Å². The summed E-state index contributed by atoms with van der Waals surface area (Å²) in [5, 5.41) is 11.4. The Morgan fingerprint density at radius 1 is 1.00 bits per heavy atom. The monoisotopic (exact) mass is 520 g/mol. The molecule has 2 aliphatic heterocycles. The zero-order valence-corrected chi connectivity index (χ0v) is 23.0. The quantitative estimate of drug-likeness (QED) is 0.287. The van der Waals surface area contributed by atoms with Gasteiger partial charge >= 0.3 is 0 Å². The summed E-state index contributed by atoms with van der Waals surface area (Å²) in [6, 6.07) is 14.4. The van der Waals surface area contributed by atoms with E-state index in [1.807, 2.05) is 31.2 Å². The van der Waals surface area contributed by atoms with E-state index in [0.29, 0.717) is 37.7 Å². The number of benzene rings is 2. The van der Waals surface area contributed by atoms with Crippen LogP contribution in [0.5, 0.6) is 5.75 Å². The fourth-order valence-electron chi connectivity index (χ4n) is 5.00. The number of carbonyl (C=O) groups is 2. The molecule has 4 rings (SSSR count). The first-order valence-corrected chi connectivity index (χ1v) is 13.6. The molecule has 1 N–H and O–H groups in total. The average Bonchev–Trinajstić information content (AvgIpc) is 3.17. The largest absolute Gasteiger partial charge is 0.507 e. The van der Waals surface area contributed by atoms with Crippen LogP contribution in [-0.2, 0) is 19.7 Å². The molecule has 204 valence electrons. The average molecular weight is 521 g/mol. The van der Waals surface area contributed by atoms with E-state index in [2.05, 4.69) is 25.7 Å². The minimum Gasteiger partial charge on any atom is -0.507 e. The van der Waals surface area contributed by atoms with E-state index in [-0.39, 0.29) is 16.7 Å². The van der Waals surface area contributed by atoms with Gasteiger partial charge in [-0.1, -0.05) is 52.0 Å². The fraction of sp³-hybridized carbons (Fsp3) is 0.484. The number of hydrogen-bond donors (Lipinski definition) is 1. The van der Waals surface area contributed by atoms with E-state index >= 15 is 0 Å². The second kappa shape index (κ2) is 12.1. The first kappa shape index (κ1) is 27.9. The fourth-order valence-corrected chi connectivity index (χ4v) is 5.00. The predicted molar refractivity (Wildman–Crippen MR) is 148 cm³/mol. The third-order valence-electron chi connectivity index (χ3n) is 7.21. The minimum atomic E-state index is -0.648. The third-order valence-corrected chi connectivity index (χ3v) is 7.21. The number of rotatable bonds is 9. The van der Waals surface area contributed by atoms with Crippen LogP contribution in [0, 0.1) is 0 Å². The lowest BCUT2D eigenvalue weighted by Crippen LogP contribution is -2.39. The van der Waals surface area contributed by atoms with Crippen molar-refractivity contribution in [2.24, 2.45) is 0 Å². The van der Waals surface area contributed by atoms with E-state index < -0.39 is 17.7 Å². The number of nitrogens with zero attached hydrogens (tertiary/aromatic N) is 2. The van der Waals surface area contributed by atoms with Crippen molar-refractivity contribution in [1.29, 1.82) is 0 Å². The van der Waals surface area contributed by atoms with Gasteiger partial charge in [-0.2, -0.15) is 0 Å². The summed E-state index contributed by atoms with van der Waals surface area (Å²) in [6.07, 6.45) is 1.62. The smallest absolute Gasteiger partial charge is 0.295 e. The Bertz CT molecular complexity index is 1140. The summed E-state index contributed by atoms with van der Waals surface area (Å²) in [5.74, 6) is -0.682. The number of aliphatic hydroxyl groups is 1. The van der Waals surface area contributed by atoms with Crippen LogP contribution < -0.4 is 4.74 Å².